The number of benzene rings is 1. The first-order chi connectivity index (χ1) is 20.6. The number of rotatable bonds is 10. The number of likely N-dealkylation sites (tertiary alicyclic amines) is 1. The quantitative estimate of drug-likeness (QED) is 0.179. The molecular weight excluding hydrogens is 554 g/mol. The third kappa shape index (κ3) is 5.42. The maximum absolute atomic E-state index is 13.7. The van der Waals surface area contributed by atoms with Gasteiger partial charge < -0.3 is 19.7 Å². The molecule has 3 aliphatic carbocycles. The second-order valence-electron chi connectivity index (χ2n) is 11.4. The van der Waals surface area contributed by atoms with Gasteiger partial charge in [-0.25, -0.2) is 0 Å². The van der Waals surface area contributed by atoms with Crippen molar-refractivity contribution < 1.29 is 43.7 Å². The van der Waals surface area contributed by atoms with Crippen LogP contribution in [-0.4, -0.2) is 65.2 Å². The van der Waals surface area contributed by atoms with Crippen molar-refractivity contribution in [2.45, 2.75) is 45.4 Å². The number of unbranched alkanes of at least 4 members (excludes halogenated alkanes) is 2. The molecule has 2 N–H and O–H groups in total. The van der Waals surface area contributed by atoms with E-state index in [4.69, 9.17) is 14.6 Å². The smallest absolute Gasteiger partial charge is 0.303 e. The number of methoxy groups -OCH3 is 2. The molecule has 0 radical (unpaired) electrons. The number of carboxylic acid groups (broad SMARTS) is 1. The van der Waals surface area contributed by atoms with E-state index in [-0.39, 0.29) is 60.0 Å². The Morgan fingerprint density at radius 2 is 1.72 bits per heavy atom. The molecule has 2 amide bonds. The summed E-state index contributed by atoms with van der Waals surface area (Å²) in [5, 5.41) is 19.2. The van der Waals surface area contributed by atoms with E-state index in [1.54, 1.807) is 25.1 Å². The molecule has 1 aromatic carbocycles. The summed E-state index contributed by atoms with van der Waals surface area (Å²) < 4.78 is 10.5. The Bertz CT molecular complexity index is 1500. The number of imide groups is 1. The molecule has 10 heteroatoms. The third-order valence-electron chi connectivity index (χ3n) is 8.96. The van der Waals surface area contributed by atoms with Crippen molar-refractivity contribution in [2.24, 2.45) is 23.7 Å². The molecule has 4 aliphatic rings. The Labute approximate surface area is 249 Å². The van der Waals surface area contributed by atoms with E-state index in [9.17, 15) is 29.1 Å². The minimum atomic E-state index is -0.878. The number of carbonyl (C=O) groups excluding carboxylic acids is 4. The highest BCUT2D eigenvalue weighted by Crippen LogP contribution is 2.52. The second-order valence-corrected chi connectivity index (χ2v) is 11.4. The van der Waals surface area contributed by atoms with Crippen molar-refractivity contribution in [3.8, 4) is 17.2 Å². The lowest BCUT2D eigenvalue weighted by Gasteiger charge is -2.41. The van der Waals surface area contributed by atoms with Crippen LogP contribution in [0.1, 0.15) is 51.0 Å². The van der Waals surface area contributed by atoms with E-state index in [0.29, 0.717) is 48.0 Å². The van der Waals surface area contributed by atoms with Gasteiger partial charge >= 0.3 is 5.97 Å². The number of carbonyl (C=O) groups is 5. The Morgan fingerprint density at radius 3 is 2.37 bits per heavy atom. The monoisotopic (exact) mass is 589 g/mol. The molecule has 1 heterocycles. The average molecular weight is 590 g/mol. The third-order valence-corrected chi connectivity index (χ3v) is 8.96. The summed E-state index contributed by atoms with van der Waals surface area (Å²) in [6.07, 6.45) is 9.07. The number of phenolic OH excluding ortho intramolecular Hbond substituents is 1. The minimum Gasteiger partial charge on any atom is -0.502 e. The SMILES string of the molecule is COc1cc(C=C[C@H]2C3=CC[C@@H]4C(=O)N(CCCCCC(=O)O)C(=O)[C@@H]4[C@@H]3CC3=C2C(=O)C=C(C)C3=O)cc(OC)c1O. The number of fused-ring (bicyclic) bond motifs is 3. The number of amides is 2. The van der Waals surface area contributed by atoms with Crippen LogP contribution < -0.4 is 9.47 Å². The number of ketones is 2. The normalized spacial score (nSPS) is 25.0. The van der Waals surface area contributed by atoms with Crippen LogP contribution in [0, 0.1) is 23.7 Å². The summed E-state index contributed by atoms with van der Waals surface area (Å²) in [5.41, 5.74) is 2.59. The van der Waals surface area contributed by atoms with Gasteiger partial charge in [-0.05, 0) is 62.3 Å². The minimum absolute atomic E-state index is 0.0408. The molecular formula is C33H35NO9. The van der Waals surface area contributed by atoms with Crippen LogP contribution >= 0.6 is 0 Å². The van der Waals surface area contributed by atoms with Crippen molar-refractivity contribution in [3.05, 3.63) is 58.2 Å². The van der Waals surface area contributed by atoms with E-state index in [1.807, 2.05) is 12.2 Å². The van der Waals surface area contributed by atoms with Gasteiger partial charge in [-0.2, -0.15) is 0 Å². The van der Waals surface area contributed by atoms with Crippen LogP contribution in [0.25, 0.3) is 6.08 Å². The fraction of sp³-hybridized carbons (Fsp3) is 0.424. The lowest BCUT2D eigenvalue weighted by molar-refractivity contribution is -0.141. The summed E-state index contributed by atoms with van der Waals surface area (Å²) in [7, 11) is 2.85. The van der Waals surface area contributed by atoms with Crippen molar-refractivity contribution in [1.29, 1.82) is 0 Å². The molecule has 5 rings (SSSR count). The molecule has 1 saturated heterocycles. The Hall–Kier alpha value is -4.47. The molecule has 10 nitrogen and oxygen atoms in total. The average Bonchev–Trinajstić information content (AvgIpc) is 3.23. The summed E-state index contributed by atoms with van der Waals surface area (Å²) in [6, 6.07) is 3.25. The van der Waals surface area contributed by atoms with Crippen LogP contribution in [0.5, 0.6) is 17.2 Å². The van der Waals surface area contributed by atoms with Crippen LogP contribution in [0.4, 0.5) is 0 Å². The molecule has 0 unspecified atom stereocenters. The molecule has 1 aliphatic heterocycles. The Kier molecular flexibility index (Phi) is 8.39. The highest BCUT2D eigenvalue weighted by Gasteiger charge is 2.55. The molecule has 0 bridgehead atoms. The van der Waals surface area contributed by atoms with E-state index < -0.39 is 29.6 Å². The highest BCUT2D eigenvalue weighted by molar-refractivity contribution is 6.23. The maximum Gasteiger partial charge on any atom is 0.303 e. The van der Waals surface area contributed by atoms with E-state index in [2.05, 4.69) is 0 Å². The number of aromatic hydroxyl groups is 1. The second kappa shape index (κ2) is 12.0. The number of hydrogen-bond donors (Lipinski definition) is 2. The number of allylic oxidation sites excluding steroid dienone is 7. The molecule has 226 valence electrons. The van der Waals surface area contributed by atoms with Crippen LogP contribution in [-0.2, 0) is 24.0 Å². The zero-order valence-corrected chi connectivity index (χ0v) is 24.4. The number of carboxylic acids is 1. The first-order valence-electron chi connectivity index (χ1n) is 14.5. The maximum atomic E-state index is 13.7. The predicted molar refractivity (Wildman–Crippen MR) is 155 cm³/mol. The van der Waals surface area contributed by atoms with Crippen molar-refractivity contribution >= 4 is 35.4 Å². The zero-order chi connectivity index (χ0) is 31.0. The number of hydrogen-bond acceptors (Lipinski definition) is 8. The lowest BCUT2D eigenvalue weighted by atomic mass is 9.60. The summed E-state index contributed by atoms with van der Waals surface area (Å²) in [6.45, 7) is 1.84. The molecule has 4 atom stereocenters. The highest BCUT2D eigenvalue weighted by atomic mass is 16.5. The molecule has 1 aromatic rings. The number of nitrogens with zero attached hydrogens (tertiary/aromatic N) is 1. The first kappa shape index (κ1) is 30.0. The van der Waals surface area contributed by atoms with Gasteiger partial charge in [-0.3, -0.25) is 28.9 Å². The topological polar surface area (TPSA) is 148 Å². The van der Waals surface area contributed by atoms with Crippen LogP contribution in [0.2, 0.25) is 0 Å². The van der Waals surface area contributed by atoms with Crippen LogP contribution in [0.15, 0.2) is 52.7 Å². The predicted octanol–water partition coefficient (Wildman–Crippen LogP) is 4.03. The largest absolute Gasteiger partial charge is 0.502 e. The number of phenols is 1. The summed E-state index contributed by atoms with van der Waals surface area (Å²) in [4.78, 5) is 65.9. The summed E-state index contributed by atoms with van der Waals surface area (Å²) in [5.74, 6) is -3.78. The van der Waals surface area contributed by atoms with Crippen molar-refractivity contribution in [1.82, 2.24) is 4.90 Å². The van der Waals surface area contributed by atoms with Gasteiger partial charge in [0.15, 0.2) is 23.1 Å². The van der Waals surface area contributed by atoms with Gasteiger partial charge in [0, 0.05) is 35.6 Å². The van der Waals surface area contributed by atoms with E-state index in [0.717, 1.165) is 5.57 Å². The van der Waals surface area contributed by atoms with Gasteiger partial charge in [0.05, 0.1) is 26.1 Å². The van der Waals surface area contributed by atoms with Crippen molar-refractivity contribution in [2.75, 3.05) is 20.8 Å². The van der Waals surface area contributed by atoms with Crippen LogP contribution in [0.3, 0.4) is 0 Å². The standard InChI is InChI=1S/C33H35NO9/c1-17-13-24(35)28-20(9-8-18-14-25(42-2)31(39)26(15-18)43-3)19-10-11-21-29(22(19)16-23(28)30(17)38)33(41)34(32(21)40)12-6-4-5-7-27(36)37/h8-10,13-15,20-22,29,39H,4-7,11-12,16H2,1-3H3,(H,36,37)/t20-,21-,22+,29-/m0/s1. The molecule has 0 aromatic heterocycles. The van der Waals surface area contributed by atoms with Gasteiger partial charge in [-0.15, -0.1) is 0 Å². The fourth-order valence-electron chi connectivity index (χ4n) is 6.89. The lowest BCUT2D eigenvalue weighted by Crippen LogP contribution is -2.40. The number of aliphatic carboxylic acids is 1. The molecule has 0 spiro atoms. The Morgan fingerprint density at radius 1 is 1.02 bits per heavy atom. The van der Waals surface area contributed by atoms with Crippen molar-refractivity contribution in [3.63, 3.8) is 0 Å². The van der Waals surface area contributed by atoms with Gasteiger partial charge in [0.1, 0.15) is 0 Å². The zero-order valence-electron chi connectivity index (χ0n) is 24.4. The molecule has 0 saturated carbocycles. The molecule has 43 heavy (non-hydrogen) atoms. The summed E-state index contributed by atoms with van der Waals surface area (Å²) >= 11 is 0. The van der Waals surface area contributed by atoms with E-state index in [1.165, 1.54) is 25.2 Å². The fourth-order valence-corrected chi connectivity index (χ4v) is 6.89. The van der Waals surface area contributed by atoms with E-state index >= 15 is 0 Å². The number of ether oxygens (including phenoxy) is 2. The Balaban J connectivity index is 1.48. The first-order valence-corrected chi connectivity index (χ1v) is 14.5. The van der Waals surface area contributed by atoms with Gasteiger partial charge in [0.2, 0.25) is 17.6 Å². The number of Topliss-reactive ketones (excluding diaryl/α,β-unsaturated/α-hetero) is 1. The van der Waals surface area contributed by atoms with Gasteiger partial charge in [-0.1, -0.05) is 30.2 Å². The molecule has 1 fully saturated rings. The van der Waals surface area contributed by atoms with Gasteiger partial charge in [0.25, 0.3) is 0 Å².